The molecule has 6 heteroatoms. The summed E-state index contributed by atoms with van der Waals surface area (Å²) >= 11 is 3.31. The Morgan fingerprint density at radius 2 is 1.76 bits per heavy atom. The fourth-order valence-corrected chi connectivity index (χ4v) is 2.16. The highest BCUT2D eigenvalue weighted by molar-refractivity contribution is 9.10. The van der Waals surface area contributed by atoms with Gasteiger partial charge < -0.3 is 16.4 Å². The Labute approximate surface area is 130 Å². The third kappa shape index (κ3) is 3.82. The molecular weight excluding hydrogens is 334 g/mol. The van der Waals surface area contributed by atoms with Crippen molar-refractivity contribution in [1.29, 1.82) is 0 Å². The van der Waals surface area contributed by atoms with Gasteiger partial charge in [0.15, 0.2) is 0 Å². The third-order valence-corrected chi connectivity index (χ3v) is 3.24. The molecule has 0 saturated carbocycles. The molecule has 0 fully saturated rings. The molecule has 0 saturated heterocycles. The van der Waals surface area contributed by atoms with Crippen LogP contribution in [-0.2, 0) is 4.79 Å². The van der Waals surface area contributed by atoms with Crippen molar-refractivity contribution < 1.29 is 9.59 Å². The van der Waals surface area contributed by atoms with E-state index in [1.807, 2.05) is 0 Å². The van der Waals surface area contributed by atoms with E-state index >= 15 is 0 Å². The molecule has 21 heavy (non-hydrogen) atoms. The lowest BCUT2D eigenvalue weighted by molar-refractivity contribution is -0.114. The number of para-hydroxylation sites is 2. The number of amides is 2. The molecule has 0 aliphatic rings. The Balaban J connectivity index is 2.32. The summed E-state index contributed by atoms with van der Waals surface area (Å²) in [6, 6.07) is 12.0. The van der Waals surface area contributed by atoms with E-state index in [0.717, 1.165) is 4.47 Å². The van der Waals surface area contributed by atoms with Crippen LogP contribution in [0.15, 0.2) is 46.9 Å². The predicted octanol–water partition coefficient (Wildman–Crippen LogP) is 3.24. The van der Waals surface area contributed by atoms with Gasteiger partial charge in [0.25, 0.3) is 5.91 Å². The average molecular weight is 348 g/mol. The summed E-state index contributed by atoms with van der Waals surface area (Å²) in [5.74, 6) is -0.594. The van der Waals surface area contributed by atoms with Gasteiger partial charge in [0.05, 0.1) is 22.6 Å². The number of benzene rings is 2. The highest BCUT2D eigenvalue weighted by atomic mass is 79.9. The van der Waals surface area contributed by atoms with Crippen molar-refractivity contribution in [3.8, 4) is 0 Å². The molecule has 0 unspecified atom stereocenters. The second-order valence-electron chi connectivity index (χ2n) is 4.41. The molecule has 2 rings (SSSR count). The van der Waals surface area contributed by atoms with Crippen LogP contribution in [0.3, 0.4) is 0 Å². The number of halogens is 1. The fourth-order valence-electron chi connectivity index (χ4n) is 1.80. The molecule has 0 bridgehead atoms. The minimum atomic E-state index is -0.349. The van der Waals surface area contributed by atoms with Crippen LogP contribution in [0.2, 0.25) is 0 Å². The standard InChI is InChI=1S/C15H14BrN3O2/c1-9(20)18-13-7-6-10(16)8-11(13)15(21)19-14-5-3-2-4-12(14)17/h2-8H,17H2,1H3,(H,18,20)(H,19,21). The van der Waals surface area contributed by atoms with Gasteiger partial charge in [-0.15, -0.1) is 0 Å². The number of carbonyl (C=O) groups is 2. The van der Waals surface area contributed by atoms with Gasteiger partial charge in [0.2, 0.25) is 5.91 Å². The first-order chi connectivity index (χ1) is 9.97. The van der Waals surface area contributed by atoms with Crippen LogP contribution in [-0.4, -0.2) is 11.8 Å². The molecule has 2 aromatic rings. The lowest BCUT2D eigenvalue weighted by Crippen LogP contribution is -2.17. The Morgan fingerprint density at radius 1 is 1.05 bits per heavy atom. The van der Waals surface area contributed by atoms with Crippen LogP contribution in [0.5, 0.6) is 0 Å². The van der Waals surface area contributed by atoms with Crippen molar-refractivity contribution in [3.63, 3.8) is 0 Å². The number of nitrogens with one attached hydrogen (secondary N) is 2. The van der Waals surface area contributed by atoms with Crippen molar-refractivity contribution >= 4 is 44.8 Å². The minimum Gasteiger partial charge on any atom is -0.397 e. The molecule has 4 N–H and O–H groups in total. The summed E-state index contributed by atoms with van der Waals surface area (Å²) in [4.78, 5) is 23.6. The van der Waals surface area contributed by atoms with Crippen molar-refractivity contribution in [1.82, 2.24) is 0 Å². The highest BCUT2D eigenvalue weighted by Crippen LogP contribution is 2.24. The van der Waals surface area contributed by atoms with E-state index in [-0.39, 0.29) is 11.8 Å². The lowest BCUT2D eigenvalue weighted by Gasteiger charge is -2.12. The number of nitrogen functional groups attached to an aromatic ring is 1. The van der Waals surface area contributed by atoms with Crippen molar-refractivity contribution in [2.75, 3.05) is 16.4 Å². The number of anilines is 3. The predicted molar refractivity (Wildman–Crippen MR) is 87.3 cm³/mol. The molecule has 0 aliphatic carbocycles. The highest BCUT2D eigenvalue weighted by Gasteiger charge is 2.14. The maximum Gasteiger partial charge on any atom is 0.257 e. The monoisotopic (exact) mass is 347 g/mol. The van der Waals surface area contributed by atoms with E-state index < -0.39 is 0 Å². The molecule has 0 atom stereocenters. The summed E-state index contributed by atoms with van der Waals surface area (Å²) in [7, 11) is 0. The van der Waals surface area contributed by atoms with E-state index in [0.29, 0.717) is 22.6 Å². The summed E-state index contributed by atoms with van der Waals surface area (Å²) in [5, 5.41) is 5.36. The van der Waals surface area contributed by atoms with Gasteiger partial charge in [-0.25, -0.2) is 0 Å². The molecule has 0 heterocycles. The molecule has 5 nitrogen and oxygen atoms in total. The average Bonchev–Trinajstić information content (AvgIpc) is 2.43. The first-order valence-corrected chi connectivity index (χ1v) is 6.99. The van der Waals surface area contributed by atoms with Crippen LogP contribution < -0.4 is 16.4 Å². The maximum atomic E-state index is 12.4. The summed E-state index contributed by atoms with van der Waals surface area (Å²) in [5.41, 5.74) is 7.59. The van der Waals surface area contributed by atoms with Gasteiger partial charge in [-0.05, 0) is 30.3 Å². The summed E-state index contributed by atoms with van der Waals surface area (Å²) in [6.45, 7) is 1.39. The maximum absolute atomic E-state index is 12.4. The van der Waals surface area contributed by atoms with Gasteiger partial charge in [0, 0.05) is 11.4 Å². The molecule has 2 aromatic carbocycles. The van der Waals surface area contributed by atoms with Crippen LogP contribution in [0.1, 0.15) is 17.3 Å². The normalized spacial score (nSPS) is 10.0. The lowest BCUT2D eigenvalue weighted by atomic mass is 10.1. The Bertz CT molecular complexity index is 701. The summed E-state index contributed by atoms with van der Waals surface area (Å²) < 4.78 is 0.739. The van der Waals surface area contributed by atoms with Crippen LogP contribution in [0, 0.1) is 0 Å². The van der Waals surface area contributed by atoms with E-state index in [2.05, 4.69) is 26.6 Å². The largest absolute Gasteiger partial charge is 0.397 e. The molecule has 0 spiro atoms. The zero-order valence-electron chi connectivity index (χ0n) is 11.3. The molecular formula is C15H14BrN3O2. The second-order valence-corrected chi connectivity index (χ2v) is 5.33. The number of rotatable bonds is 3. The van der Waals surface area contributed by atoms with Gasteiger partial charge >= 0.3 is 0 Å². The zero-order valence-corrected chi connectivity index (χ0v) is 12.9. The van der Waals surface area contributed by atoms with E-state index in [1.165, 1.54) is 6.92 Å². The molecule has 0 radical (unpaired) electrons. The van der Waals surface area contributed by atoms with E-state index in [4.69, 9.17) is 5.73 Å². The van der Waals surface area contributed by atoms with Gasteiger partial charge in [-0.1, -0.05) is 28.1 Å². The van der Waals surface area contributed by atoms with Crippen LogP contribution in [0.25, 0.3) is 0 Å². The van der Waals surface area contributed by atoms with Gasteiger partial charge in [-0.2, -0.15) is 0 Å². The number of nitrogens with two attached hydrogens (primary N) is 1. The first kappa shape index (κ1) is 15.1. The van der Waals surface area contributed by atoms with Crippen LogP contribution >= 0.6 is 15.9 Å². The molecule has 108 valence electrons. The van der Waals surface area contributed by atoms with Gasteiger partial charge in [-0.3, -0.25) is 9.59 Å². The first-order valence-electron chi connectivity index (χ1n) is 6.20. The van der Waals surface area contributed by atoms with Crippen molar-refractivity contribution in [2.45, 2.75) is 6.92 Å². The topological polar surface area (TPSA) is 84.2 Å². The minimum absolute atomic E-state index is 0.245. The molecule has 0 aromatic heterocycles. The molecule has 0 aliphatic heterocycles. The second kappa shape index (κ2) is 6.41. The number of hydrogen-bond acceptors (Lipinski definition) is 3. The smallest absolute Gasteiger partial charge is 0.257 e. The Morgan fingerprint density at radius 3 is 2.43 bits per heavy atom. The van der Waals surface area contributed by atoms with E-state index in [9.17, 15) is 9.59 Å². The SMILES string of the molecule is CC(=O)Nc1ccc(Br)cc1C(=O)Nc1ccccc1N. The van der Waals surface area contributed by atoms with E-state index in [1.54, 1.807) is 42.5 Å². The van der Waals surface area contributed by atoms with Crippen molar-refractivity contribution in [3.05, 3.63) is 52.5 Å². The fraction of sp³-hybridized carbons (Fsp3) is 0.0667. The van der Waals surface area contributed by atoms with Crippen molar-refractivity contribution in [2.24, 2.45) is 0 Å². The quantitative estimate of drug-likeness (QED) is 0.745. The number of carbonyl (C=O) groups excluding carboxylic acids is 2. The zero-order chi connectivity index (χ0) is 15.4. The number of hydrogen-bond donors (Lipinski definition) is 3. The molecule has 2 amide bonds. The Kier molecular flexibility index (Phi) is 4.59. The van der Waals surface area contributed by atoms with Gasteiger partial charge in [0.1, 0.15) is 0 Å². The Hall–Kier alpha value is -2.34. The summed E-state index contributed by atoms with van der Waals surface area (Å²) in [6.07, 6.45) is 0. The third-order valence-electron chi connectivity index (χ3n) is 2.75. The van der Waals surface area contributed by atoms with Crippen LogP contribution in [0.4, 0.5) is 17.1 Å².